The summed E-state index contributed by atoms with van der Waals surface area (Å²) >= 11 is 1.32. The first-order valence-electron chi connectivity index (χ1n) is 8.24. The molecule has 0 bridgehead atoms. The number of benzene rings is 1. The molecule has 1 aromatic carbocycles. The van der Waals surface area contributed by atoms with Gasteiger partial charge in [-0.1, -0.05) is 6.07 Å². The summed E-state index contributed by atoms with van der Waals surface area (Å²) in [6, 6.07) is 3.80. The van der Waals surface area contributed by atoms with Crippen LogP contribution in [0.4, 0.5) is 10.8 Å². The van der Waals surface area contributed by atoms with Gasteiger partial charge in [-0.3, -0.25) is 14.9 Å². The molecule has 1 N–H and O–H groups in total. The fraction of sp³-hybridized carbons (Fsp3) is 0.375. The fourth-order valence-corrected chi connectivity index (χ4v) is 5.22. The van der Waals surface area contributed by atoms with E-state index in [9.17, 15) is 23.3 Å². The number of nitrogens with zero attached hydrogens (tertiary/aromatic N) is 3. The van der Waals surface area contributed by atoms with Gasteiger partial charge in [0.05, 0.1) is 9.82 Å². The van der Waals surface area contributed by atoms with Crippen molar-refractivity contribution in [3.63, 3.8) is 0 Å². The third-order valence-corrected chi connectivity index (χ3v) is 7.22. The van der Waals surface area contributed by atoms with Crippen LogP contribution in [0.2, 0.25) is 0 Å². The van der Waals surface area contributed by atoms with Gasteiger partial charge in [-0.2, -0.15) is 4.31 Å². The predicted octanol–water partition coefficient (Wildman–Crippen LogP) is 2.40. The van der Waals surface area contributed by atoms with Gasteiger partial charge < -0.3 is 5.32 Å². The van der Waals surface area contributed by atoms with Crippen LogP contribution < -0.4 is 5.32 Å². The van der Waals surface area contributed by atoms with Gasteiger partial charge in [0, 0.05) is 42.7 Å². The summed E-state index contributed by atoms with van der Waals surface area (Å²) in [5.74, 6) is -0.472. The Balaban J connectivity index is 1.70. The first-order chi connectivity index (χ1) is 12.8. The highest BCUT2D eigenvalue weighted by molar-refractivity contribution is 7.89. The number of non-ortho nitro benzene ring substituents is 1. The van der Waals surface area contributed by atoms with E-state index in [-0.39, 0.29) is 35.5 Å². The number of sulfonamides is 1. The van der Waals surface area contributed by atoms with Gasteiger partial charge in [-0.25, -0.2) is 13.4 Å². The highest BCUT2D eigenvalue weighted by atomic mass is 32.2. The standard InChI is InChI=1S/C16H18N4O5S2/c1-11-2-3-13(20(22)23)10-14(11)27(24,25)19-7-4-12(5-8-19)15(21)18-16-17-6-9-26-16/h2-3,6,9-10,12H,4-5,7-8H2,1H3,(H,17,18,21). The number of aryl methyl sites for hydroxylation is 1. The average Bonchev–Trinajstić information content (AvgIpc) is 3.14. The van der Waals surface area contributed by atoms with Crippen LogP contribution in [0.3, 0.4) is 0 Å². The molecule has 0 aliphatic carbocycles. The van der Waals surface area contributed by atoms with Crippen molar-refractivity contribution >= 4 is 38.1 Å². The molecule has 9 nitrogen and oxygen atoms in total. The van der Waals surface area contributed by atoms with E-state index < -0.39 is 14.9 Å². The number of hydrogen-bond acceptors (Lipinski definition) is 7. The summed E-state index contributed by atoms with van der Waals surface area (Å²) in [5.41, 5.74) is 0.182. The highest BCUT2D eigenvalue weighted by Gasteiger charge is 2.33. The molecule has 0 saturated carbocycles. The zero-order valence-electron chi connectivity index (χ0n) is 14.5. The zero-order chi connectivity index (χ0) is 19.6. The summed E-state index contributed by atoms with van der Waals surface area (Å²) in [4.78, 5) is 26.6. The molecule has 144 valence electrons. The summed E-state index contributed by atoms with van der Waals surface area (Å²) in [6.45, 7) is 1.96. The maximum Gasteiger partial charge on any atom is 0.270 e. The number of carbonyl (C=O) groups excluding carboxylic acids is 1. The first-order valence-corrected chi connectivity index (χ1v) is 10.6. The molecule has 1 fully saturated rings. The molecule has 27 heavy (non-hydrogen) atoms. The molecule has 0 atom stereocenters. The largest absolute Gasteiger partial charge is 0.302 e. The van der Waals surface area contributed by atoms with E-state index in [0.717, 1.165) is 6.07 Å². The summed E-state index contributed by atoms with van der Waals surface area (Å²) in [5, 5.41) is 16.0. The number of anilines is 1. The maximum absolute atomic E-state index is 12.9. The smallest absolute Gasteiger partial charge is 0.270 e. The molecule has 0 unspecified atom stereocenters. The lowest BCUT2D eigenvalue weighted by Gasteiger charge is -2.30. The molecule has 11 heteroatoms. The Kier molecular flexibility index (Phi) is 5.53. The number of nitro benzene ring substituents is 1. The Labute approximate surface area is 160 Å². The van der Waals surface area contributed by atoms with Gasteiger partial charge >= 0.3 is 0 Å². The van der Waals surface area contributed by atoms with Crippen molar-refractivity contribution in [2.45, 2.75) is 24.7 Å². The molecule has 1 saturated heterocycles. The topological polar surface area (TPSA) is 123 Å². The second-order valence-electron chi connectivity index (χ2n) is 6.21. The number of rotatable bonds is 5. The summed E-state index contributed by atoms with van der Waals surface area (Å²) < 4.78 is 27.1. The molecule has 2 aromatic rings. The lowest BCUT2D eigenvalue weighted by Crippen LogP contribution is -2.41. The maximum atomic E-state index is 12.9. The van der Waals surface area contributed by atoms with Crippen LogP contribution in [0.5, 0.6) is 0 Å². The predicted molar refractivity (Wildman–Crippen MR) is 100 cm³/mol. The number of hydrogen-bond donors (Lipinski definition) is 1. The van der Waals surface area contributed by atoms with Crippen molar-refractivity contribution in [2.24, 2.45) is 5.92 Å². The highest BCUT2D eigenvalue weighted by Crippen LogP contribution is 2.28. The molecule has 1 amide bonds. The van der Waals surface area contributed by atoms with E-state index in [0.29, 0.717) is 23.5 Å². The van der Waals surface area contributed by atoms with Crippen molar-refractivity contribution in [1.82, 2.24) is 9.29 Å². The van der Waals surface area contributed by atoms with Crippen molar-refractivity contribution in [3.05, 3.63) is 45.5 Å². The van der Waals surface area contributed by atoms with Crippen molar-refractivity contribution in [2.75, 3.05) is 18.4 Å². The number of nitro groups is 1. The Morgan fingerprint density at radius 2 is 2.07 bits per heavy atom. The molecule has 1 aliphatic rings. The number of carbonyl (C=O) groups is 1. The second-order valence-corrected chi connectivity index (χ2v) is 9.01. The van der Waals surface area contributed by atoms with Gasteiger partial charge in [0.15, 0.2) is 5.13 Å². The summed E-state index contributed by atoms with van der Waals surface area (Å²) in [7, 11) is -3.86. The molecular weight excluding hydrogens is 392 g/mol. The number of piperidine rings is 1. The zero-order valence-corrected chi connectivity index (χ0v) is 16.1. The van der Waals surface area contributed by atoms with Crippen LogP contribution in [0.15, 0.2) is 34.7 Å². The Morgan fingerprint density at radius 1 is 1.37 bits per heavy atom. The number of aromatic nitrogens is 1. The van der Waals surface area contributed by atoms with E-state index in [1.54, 1.807) is 18.5 Å². The minimum Gasteiger partial charge on any atom is -0.302 e. The monoisotopic (exact) mass is 410 g/mol. The number of amides is 1. The van der Waals surface area contributed by atoms with Gasteiger partial charge in [-0.15, -0.1) is 11.3 Å². The van der Waals surface area contributed by atoms with Crippen molar-refractivity contribution < 1.29 is 18.1 Å². The van der Waals surface area contributed by atoms with Crippen LogP contribution in [0.25, 0.3) is 0 Å². The molecule has 1 aromatic heterocycles. The fourth-order valence-electron chi connectivity index (χ4n) is 2.97. The van der Waals surface area contributed by atoms with Crippen LogP contribution in [-0.4, -0.2) is 41.6 Å². The molecular formula is C16H18N4O5S2. The third-order valence-electron chi connectivity index (χ3n) is 4.49. The minimum absolute atomic E-state index is 0.0672. The van der Waals surface area contributed by atoms with Gasteiger partial charge in [0.25, 0.3) is 5.69 Å². The van der Waals surface area contributed by atoms with E-state index >= 15 is 0 Å². The van der Waals surface area contributed by atoms with Crippen LogP contribution in [0.1, 0.15) is 18.4 Å². The number of thiazole rings is 1. The van der Waals surface area contributed by atoms with Crippen molar-refractivity contribution in [1.29, 1.82) is 0 Å². The lowest BCUT2D eigenvalue weighted by molar-refractivity contribution is -0.385. The minimum atomic E-state index is -3.86. The lowest BCUT2D eigenvalue weighted by atomic mass is 9.97. The molecule has 0 spiro atoms. The molecule has 0 radical (unpaired) electrons. The van der Waals surface area contributed by atoms with E-state index in [1.165, 1.54) is 27.8 Å². The molecule has 3 rings (SSSR count). The molecule has 1 aliphatic heterocycles. The quantitative estimate of drug-likeness (QED) is 0.596. The van der Waals surface area contributed by atoms with Gasteiger partial charge in [0.1, 0.15) is 0 Å². The van der Waals surface area contributed by atoms with Crippen LogP contribution >= 0.6 is 11.3 Å². The number of nitrogens with one attached hydrogen (secondary N) is 1. The van der Waals surface area contributed by atoms with E-state index in [4.69, 9.17) is 0 Å². The second kappa shape index (κ2) is 7.71. The first kappa shape index (κ1) is 19.4. The van der Waals surface area contributed by atoms with Gasteiger partial charge in [0.2, 0.25) is 15.9 Å². The third kappa shape index (κ3) is 4.15. The Bertz CT molecular complexity index is 951. The van der Waals surface area contributed by atoms with Crippen LogP contribution in [-0.2, 0) is 14.8 Å². The van der Waals surface area contributed by atoms with Crippen LogP contribution in [0, 0.1) is 23.0 Å². The Hall–Kier alpha value is -2.37. The average molecular weight is 410 g/mol. The van der Waals surface area contributed by atoms with E-state index in [1.807, 2.05) is 0 Å². The summed E-state index contributed by atoms with van der Waals surface area (Å²) in [6.07, 6.45) is 2.35. The Morgan fingerprint density at radius 3 is 2.67 bits per heavy atom. The molecule has 2 heterocycles. The van der Waals surface area contributed by atoms with Gasteiger partial charge in [-0.05, 0) is 25.3 Å². The normalized spacial score (nSPS) is 16.2. The van der Waals surface area contributed by atoms with Crippen molar-refractivity contribution in [3.8, 4) is 0 Å². The van der Waals surface area contributed by atoms with E-state index in [2.05, 4.69) is 10.3 Å². The SMILES string of the molecule is Cc1ccc([N+](=O)[O-])cc1S(=O)(=O)N1CCC(C(=O)Nc2nccs2)CC1.